The van der Waals surface area contributed by atoms with Crippen molar-refractivity contribution in [1.82, 2.24) is 9.88 Å². The van der Waals surface area contributed by atoms with Gasteiger partial charge in [0.1, 0.15) is 0 Å². The molecule has 1 aromatic carbocycles. The molecule has 1 fully saturated rings. The van der Waals surface area contributed by atoms with Gasteiger partial charge in [-0.25, -0.2) is 9.78 Å². The van der Waals surface area contributed by atoms with Crippen LogP contribution >= 0.6 is 0 Å². The number of aromatic carboxylic acids is 1. The van der Waals surface area contributed by atoms with Crippen LogP contribution in [-0.2, 0) is 6.54 Å². The lowest BCUT2D eigenvalue weighted by atomic mass is 9.99. The summed E-state index contributed by atoms with van der Waals surface area (Å²) in [6.07, 6.45) is 2.65. The Morgan fingerprint density at radius 2 is 2.05 bits per heavy atom. The largest absolute Gasteiger partial charge is 0.477 e. The molecule has 0 bridgehead atoms. The van der Waals surface area contributed by atoms with E-state index in [1.165, 1.54) is 11.8 Å². The summed E-state index contributed by atoms with van der Waals surface area (Å²) in [5.41, 5.74) is 2.32. The topological polar surface area (TPSA) is 53.4 Å². The molecular formula is C17H18N2O2. The lowest BCUT2D eigenvalue weighted by Gasteiger charge is -2.17. The molecule has 1 atom stereocenters. The van der Waals surface area contributed by atoms with Gasteiger partial charge >= 0.3 is 5.97 Å². The summed E-state index contributed by atoms with van der Waals surface area (Å²) in [4.78, 5) is 17.5. The fraction of sp³-hybridized carbons (Fsp3) is 0.294. The second-order valence-corrected chi connectivity index (χ2v) is 5.45. The van der Waals surface area contributed by atoms with Crippen molar-refractivity contribution in [1.29, 1.82) is 0 Å². The van der Waals surface area contributed by atoms with E-state index in [4.69, 9.17) is 0 Å². The monoisotopic (exact) mass is 282 g/mol. The molecule has 1 aliphatic rings. The molecule has 0 radical (unpaired) electrons. The Hall–Kier alpha value is -2.20. The summed E-state index contributed by atoms with van der Waals surface area (Å²) in [6.45, 7) is 2.62. The molecule has 1 aliphatic heterocycles. The lowest BCUT2D eigenvalue weighted by Crippen LogP contribution is -2.21. The summed E-state index contributed by atoms with van der Waals surface area (Å²) >= 11 is 0. The van der Waals surface area contributed by atoms with Gasteiger partial charge in [0, 0.05) is 19.3 Å². The normalized spacial score (nSPS) is 18.8. The summed E-state index contributed by atoms with van der Waals surface area (Å²) < 4.78 is 0. The minimum atomic E-state index is -0.954. The average Bonchev–Trinajstić information content (AvgIpc) is 2.97. The van der Waals surface area contributed by atoms with Crippen LogP contribution in [0.4, 0.5) is 0 Å². The number of likely N-dealkylation sites (tertiary alicyclic amines) is 1. The first-order valence-electron chi connectivity index (χ1n) is 7.18. The minimum Gasteiger partial charge on any atom is -0.477 e. The van der Waals surface area contributed by atoms with Crippen molar-refractivity contribution in [2.24, 2.45) is 0 Å². The highest BCUT2D eigenvalue weighted by Crippen LogP contribution is 2.28. The van der Waals surface area contributed by atoms with Crippen LogP contribution in [0.15, 0.2) is 48.7 Å². The summed E-state index contributed by atoms with van der Waals surface area (Å²) in [5, 5.41) is 9.19. The molecule has 4 heteroatoms. The van der Waals surface area contributed by atoms with Gasteiger partial charge in [-0.1, -0.05) is 36.4 Å². The van der Waals surface area contributed by atoms with Crippen molar-refractivity contribution in [2.45, 2.75) is 18.9 Å². The first-order valence-corrected chi connectivity index (χ1v) is 7.18. The molecule has 108 valence electrons. The third-order valence-electron chi connectivity index (χ3n) is 4.03. The third kappa shape index (κ3) is 3.11. The Bertz CT molecular complexity index is 628. The van der Waals surface area contributed by atoms with Gasteiger partial charge in [-0.3, -0.25) is 4.90 Å². The Morgan fingerprint density at radius 3 is 2.81 bits per heavy atom. The second kappa shape index (κ2) is 6.06. The molecule has 21 heavy (non-hydrogen) atoms. The van der Waals surface area contributed by atoms with Crippen LogP contribution in [0.5, 0.6) is 0 Å². The molecule has 2 heterocycles. The summed E-state index contributed by atoms with van der Waals surface area (Å²) in [6, 6.07) is 14.2. The number of carbonyl (C=O) groups is 1. The van der Waals surface area contributed by atoms with E-state index in [1.807, 2.05) is 12.1 Å². The van der Waals surface area contributed by atoms with Gasteiger partial charge < -0.3 is 5.11 Å². The Kier molecular flexibility index (Phi) is 3.97. The molecule has 1 N–H and O–H groups in total. The van der Waals surface area contributed by atoms with E-state index in [1.54, 1.807) is 6.07 Å². The van der Waals surface area contributed by atoms with Crippen molar-refractivity contribution in [3.8, 4) is 0 Å². The molecule has 2 aromatic rings. The highest BCUT2D eigenvalue weighted by atomic mass is 16.4. The molecule has 0 spiro atoms. The SMILES string of the molecule is O=C(O)c1ncccc1CN1CCC(c2ccccc2)C1. The third-order valence-corrected chi connectivity index (χ3v) is 4.03. The van der Waals surface area contributed by atoms with Crippen molar-refractivity contribution < 1.29 is 9.90 Å². The van der Waals surface area contributed by atoms with Gasteiger partial charge in [0.15, 0.2) is 5.69 Å². The van der Waals surface area contributed by atoms with E-state index in [0.717, 1.165) is 25.1 Å². The fourth-order valence-corrected chi connectivity index (χ4v) is 2.97. The van der Waals surface area contributed by atoms with E-state index in [-0.39, 0.29) is 5.69 Å². The van der Waals surface area contributed by atoms with Crippen LogP contribution in [-0.4, -0.2) is 34.0 Å². The van der Waals surface area contributed by atoms with E-state index in [9.17, 15) is 9.90 Å². The first-order chi connectivity index (χ1) is 10.2. The minimum absolute atomic E-state index is 0.167. The molecule has 0 amide bonds. The van der Waals surface area contributed by atoms with Crippen LogP contribution in [0.25, 0.3) is 0 Å². The zero-order valence-corrected chi connectivity index (χ0v) is 11.8. The highest BCUT2D eigenvalue weighted by Gasteiger charge is 2.25. The van der Waals surface area contributed by atoms with Crippen LogP contribution in [0.3, 0.4) is 0 Å². The maximum atomic E-state index is 11.2. The number of benzene rings is 1. The number of hydrogen-bond donors (Lipinski definition) is 1. The second-order valence-electron chi connectivity index (χ2n) is 5.45. The quantitative estimate of drug-likeness (QED) is 0.937. The van der Waals surface area contributed by atoms with Crippen LogP contribution in [0, 0.1) is 0 Å². The van der Waals surface area contributed by atoms with Crippen LogP contribution in [0.1, 0.15) is 34.0 Å². The number of nitrogens with zero attached hydrogens (tertiary/aromatic N) is 2. The number of carboxylic acid groups (broad SMARTS) is 1. The summed E-state index contributed by atoms with van der Waals surface area (Å²) in [5.74, 6) is -0.416. The summed E-state index contributed by atoms with van der Waals surface area (Å²) in [7, 11) is 0. The van der Waals surface area contributed by atoms with Crippen molar-refractivity contribution in [3.63, 3.8) is 0 Å². The Balaban J connectivity index is 1.69. The standard InChI is InChI=1S/C17H18N2O2/c20-17(21)16-15(7-4-9-18-16)12-19-10-8-14(11-19)13-5-2-1-3-6-13/h1-7,9,14H,8,10-12H2,(H,20,21). The van der Waals surface area contributed by atoms with E-state index >= 15 is 0 Å². The van der Waals surface area contributed by atoms with Crippen LogP contribution < -0.4 is 0 Å². The number of rotatable bonds is 4. The molecule has 4 nitrogen and oxygen atoms in total. The molecule has 0 aliphatic carbocycles. The molecule has 3 rings (SSSR count). The lowest BCUT2D eigenvalue weighted by molar-refractivity contribution is 0.0688. The highest BCUT2D eigenvalue weighted by molar-refractivity contribution is 5.86. The average molecular weight is 282 g/mol. The van der Waals surface area contributed by atoms with E-state index < -0.39 is 5.97 Å². The van der Waals surface area contributed by atoms with Gasteiger partial charge in [-0.2, -0.15) is 0 Å². The molecule has 1 unspecified atom stereocenters. The number of carboxylic acids is 1. The number of pyridine rings is 1. The predicted octanol–water partition coefficient (Wildman–Crippen LogP) is 2.77. The zero-order valence-electron chi connectivity index (χ0n) is 11.8. The maximum Gasteiger partial charge on any atom is 0.354 e. The molecule has 1 saturated heterocycles. The van der Waals surface area contributed by atoms with Gasteiger partial charge in [0.2, 0.25) is 0 Å². The van der Waals surface area contributed by atoms with Gasteiger partial charge in [0.25, 0.3) is 0 Å². The van der Waals surface area contributed by atoms with Crippen LogP contribution in [0.2, 0.25) is 0 Å². The first kappa shape index (κ1) is 13.8. The predicted molar refractivity (Wildman–Crippen MR) is 80.3 cm³/mol. The Morgan fingerprint density at radius 1 is 1.24 bits per heavy atom. The van der Waals surface area contributed by atoms with Gasteiger partial charge in [0.05, 0.1) is 0 Å². The van der Waals surface area contributed by atoms with Gasteiger partial charge in [-0.05, 0) is 36.1 Å². The maximum absolute atomic E-state index is 11.2. The number of hydrogen-bond acceptors (Lipinski definition) is 3. The smallest absolute Gasteiger partial charge is 0.354 e. The fourth-order valence-electron chi connectivity index (χ4n) is 2.97. The number of aromatic nitrogens is 1. The van der Waals surface area contributed by atoms with Crippen molar-refractivity contribution in [2.75, 3.05) is 13.1 Å². The molecular weight excluding hydrogens is 264 g/mol. The zero-order chi connectivity index (χ0) is 14.7. The Labute approximate surface area is 124 Å². The van der Waals surface area contributed by atoms with Crippen molar-refractivity contribution >= 4 is 5.97 Å². The van der Waals surface area contributed by atoms with E-state index in [2.05, 4.69) is 34.1 Å². The molecule has 1 aromatic heterocycles. The molecule has 0 saturated carbocycles. The van der Waals surface area contributed by atoms with Crippen molar-refractivity contribution in [3.05, 3.63) is 65.5 Å². The van der Waals surface area contributed by atoms with E-state index in [0.29, 0.717) is 12.5 Å². The van der Waals surface area contributed by atoms with Gasteiger partial charge in [-0.15, -0.1) is 0 Å².